The molecule has 1 aliphatic carbocycles. The Kier molecular flexibility index (Phi) is 7.20. The molecule has 34 heavy (non-hydrogen) atoms. The number of carbonyl (C=O) groups is 1. The van der Waals surface area contributed by atoms with Crippen molar-refractivity contribution < 1.29 is 22.4 Å². The van der Waals surface area contributed by atoms with Gasteiger partial charge in [0.05, 0.1) is 12.1 Å². The summed E-state index contributed by atoms with van der Waals surface area (Å²) in [5.41, 5.74) is 5.18. The van der Waals surface area contributed by atoms with E-state index in [1.54, 1.807) is 4.90 Å². The van der Waals surface area contributed by atoms with Crippen LogP contribution in [-0.2, 0) is 17.5 Å². The Morgan fingerprint density at radius 3 is 2.38 bits per heavy atom. The van der Waals surface area contributed by atoms with Gasteiger partial charge in [0.1, 0.15) is 6.33 Å². The van der Waals surface area contributed by atoms with Gasteiger partial charge in [0.2, 0.25) is 11.7 Å². The fourth-order valence-electron chi connectivity index (χ4n) is 4.25. The fraction of sp³-hybridized carbons (Fsp3) is 0.522. The van der Waals surface area contributed by atoms with Crippen LogP contribution in [0.4, 0.5) is 29.2 Å². The Morgan fingerprint density at radius 2 is 1.79 bits per heavy atom. The first kappa shape index (κ1) is 24.2. The Morgan fingerprint density at radius 1 is 1.12 bits per heavy atom. The standard InChI is InChI=1S/C23H28F4N6O/c24-20-21(29-11-15-7-9-32(10-8-15)13-19(28)34)30-14-31-22(20)33(18-5-6-18)12-16-1-3-17(4-2-16)23(25,26)27/h1-4,14-15,18H,5-13H2,(H2,28,34)(H,29,30,31). The zero-order valence-electron chi connectivity index (χ0n) is 18.7. The number of alkyl halides is 3. The molecule has 3 N–H and O–H groups in total. The van der Waals surface area contributed by atoms with Crippen LogP contribution in [0.1, 0.15) is 36.8 Å². The summed E-state index contributed by atoms with van der Waals surface area (Å²) >= 11 is 0. The largest absolute Gasteiger partial charge is 0.416 e. The van der Waals surface area contributed by atoms with Gasteiger partial charge >= 0.3 is 6.18 Å². The second kappa shape index (κ2) is 10.1. The second-order valence-corrected chi connectivity index (χ2v) is 8.98. The van der Waals surface area contributed by atoms with Crippen molar-refractivity contribution in [2.24, 2.45) is 11.7 Å². The van der Waals surface area contributed by atoms with Crippen LogP contribution in [-0.4, -0.2) is 53.0 Å². The number of hydrogen-bond donors (Lipinski definition) is 2. The van der Waals surface area contributed by atoms with Gasteiger partial charge in [-0.25, -0.2) is 9.97 Å². The summed E-state index contributed by atoms with van der Waals surface area (Å²) in [5, 5.41) is 3.09. The molecule has 0 atom stereocenters. The summed E-state index contributed by atoms with van der Waals surface area (Å²) in [6.07, 6.45) is 0.377. The number of likely N-dealkylation sites (tertiary alicyclic amines) is 1. The van der Waals surface area contributed by atoms with E-state index >= 15 is 4.39 Å². The lowest BCUT2D eigenvalue weighted by Gasteiger charge is -2.31. The predicted molar refractivity (Wildman–Crippen MR) is 119 cm³/mol. The number of carbonyl (C=O) groups excluding carboxylic acids is 1. The summed E-state index contributed by atoms with van der Waals surface area (Å²) < 4.78 is 53.9. The lowest BCUT2D eigenvalue weighted by atomic mass is 9.97. The first-order valence-electron chi connectivity index (χ1n) is 11.4. The van der Waals surface area contributed by atoms with Crippen LogP contribution in [0.2, 0.25) is 0 Å². The first-order valence-corrected chi connectivity index (χ1v) is 11.4. The van der Waals surface area contributed by atoms with E-state index in [1.807, 2.05) is 4.90 Å². The van der Waals surface area contributed by atoms with Gasteiger partial charge in [0.25, 0.3) is 0 Å². The van der Waals surface area contributed by atoms with Gasteiger partial charge in [-0.05, 0) is 62.4 Å². The molecule has 1 aromatic heterocycles. The molecule has 1 aliphatic heterocycles. The molecule has 4 rings (SSSR count). The molecular weight excluding hydrogens is 452 g/mol. The van der Waals surface area contributed by atoms with Crippen molar-refractivity contribution in [2.45, 2.75) is 44.4 Å². The van der Waals surface area contributed by atoms with Gasteiger partial charge in [0, 0.05) is 19.1 Å². The molecule has 2 aliphatic rings. The number of nitrogens with two attached hydrogens (primary N) is 1. The number of hydrogen-bond acceptors (Lipinski definition) is 6. The molecule has 0 radical (unpaired) electrons. The summed E-state index contributed by atoms with van der Waals surface area (Å²) in [5.74, 6) is -0.330. The molecule has 11 heteroatoms. The van der Waals surface area contributed by atoms with Crippen LogP contribution in [0.25, 0.3) is 0 Å². The van der Waals surface area contributed by atoms with Crippen molar-refractivity contribution in [3.05, 3.63) is 47.5 Å². The van der Waals surface area contributed by atoms with Crippen LogP contribution < -0.4 is 16.0 Å². The number of amides is 1. The van der Waals surface area contributed by atoms with Crippen molar-refractivity contribution in [1.82, 2.24) is 14.9 Å². The molecular formula is C23H28F4N6O. The number of rotatable bonds is 9. The maximum atomic E-state index is 15.4. The number of halogens is 4. The Labute approximate surface area is 195 Å². The minimum absolute atomic E-state index is 0.0918. The Bertz CT molecular complexity index is 988. The quantitative estimate of drug-likeness (QED) is 0.535. The molecule has 7 nitrogen and oxygen atoms in total. The van der Waals surface area contributed by atoms with Crippen LogP contribution in [0.3, 0.4) is 0 Å². The number of piperidine rings is 1. The number of primary amides is 1. The van der Waals surface area contributed by atoms with E-state index in [0.717, 1.165) is 50.9 Å². The first-order chi connectivity index (χ1) is 16.2. The van der Waals surface area contributed by atoms with Crippen molar-refractivity contribution in [3.63, 3.8) is 0 Å². The van der Waals surface area contributed by atoms with Gasteiger partial charge < -0.3 is 16.0 Å². The smallest absolute Gasteiger partial charge is 0.369 e. The third-order valence-electron chi connectivity index (χ3n) is 6.31. The van der Waals surface area contributed by atoms with Crippen LogP contribution >= 0.6 is 0 Å². The molecule has 1 amide bonds. The SMILES string of the molecule is NC(=O)CN1CCC(CNc2ncnc(N(Cc3ccc(C(F)(F)F)cc3)C3CC3)c2F)CC1. The lowest BCUT2D eigenvalue weighted by molar-refractivity contribution is -0.137. The van der Waals surface area contributed by atoms with E-state index in [2.05, 4.69) is 15.3 Å². The molecule has 184 valence electrons. The fourth-order valence-corrected chi connectivity index (χ4v) is 4.25. The van der Waals surface area contributed by atoms with Gasteiger partial charge in [-0.2, -0.15) is 17.6 Å². The number of benzene rings is 1. The monoisotopic (exact) mass is 480 g/mol. The third kappa shape index (κ3) is 6.13. The highest BCUT2D eigenvalue weighted by molar-refractivity contribution is 5.75. The summed E-state index contributed by atoms with van der Waals surface area (Å²) in [6.45, 7) is 2.57. The zero-order chi connectivity index (χ0) is 24.3. The molecule has 0 unspecified atom stereocenters. The van der Waals surface area contributed by atoms with Gasteiger partial charge in [0.15, 0.2) is 11.6 Å². The Balaban J connectivity index is 1.40. The van der Waals surface area contributed by atoms with Gasteiger partial charge in [-0.1, -0.05) is 12.1 Å². The van der Waals surface area contributed by atoms with E-state index in [4.69, 9.17) is 5.73 Å². The van der Waals surface area contributed by atoms with E-state index < -0.39 is 17.6 Å². The third-order valence-corrected chi connectivity index (χ3v) is 6.31. The molecule has 0 spiro atoms. The predicted octanol–water partition coefficient (Wildman–Crippen LogP) is 3.41. The highest BCUT2D eigenvalue weighted by Crippen LogP contribution is 2.35. The van der Waals surface area contributed by atoms with E-state index in [0.29, 0.717) is 18.0 Å². The molecule has 1 aromatic carbocycles. The van der Waals surface area contributed by atoms with E-state index in [-0.39, 0.29) is 36.7 Å². The minimum Gasteiger partial charge on any atom is -0.369 e. The number of aromatic nitrogens is 2. The van der Waals surface area contributed by atoms with Crippen LogP contribution in [0.15, 0.2) is 30.6 Å². The van der Waals surface area contributed by atoms with E-state index in [9.17, 15) is 18.0 Å². The minimum atomic E-state index is -4.40. The second-order valence-electron chi connectivity index (χ2n) is 8.98. The average molecular weight is 481 g/mol. The average Bonchev–Trinajstić information content (AvgIpc) is 3.63. The highest BCUT2D eigenvalue weighted by atomic mass is 19.4. The Hall–Kier alpha value is -2.95. The van der Waals surface area contributed by atoms with Crippen molar-refractivity contribution in [2.75, 3.05) is 36.4 Å². The van der Waals surface area contributed by atoms with Gasteiger partial charge in [-0.15, -0.1) is 0 Å². The molecule has 0 bridgehead atoms. The summed E-state index contributed by atoms with van der Waals surface area (Å²) in [6, 6.07) is 5.01. The summed E-state index contributed by atoms with van der Waals surface area (Å²) in [4.78, 5) is 23.1. The molecule has 2 heterocycles. The highest BCUT2D eigenvalue weighted by Gasteiger charge is 2.34. The van der Waals surface area contributed by atoms with Crippen molar-refractivity contribution >= 4 is 17.5 Å². The van der Waals surface area contributed by atoms with Crippen molar-refractivity contribution in [3.8, 4) is 0 Å². The number of nitrogens with one attached hydrogen (secondary N) is 1. The lowest BCUT2D eigenvalue weighted by Crippen LogP contribution is -2.40. The maximum Gasteiger partial charge on any atom is 0.416 e. The topological polar surface area (TPSA) is 87.4 Å². The number of nitrogens with zero attached hydrogens (tertiary/aromatic N) is 4. The molecule has 1 saturated heterocycles. The summed E-state index contributed by atoms with van der Waals surface area (Å²) in [7, 11) is 0. The zero-order valence-corrected chi connectivity index (χ0v) is 18.7. The normalized spacial score (nSPS) is 17.5. The van der Waals surface area contributed by atoms with Crippen LogP contribution in [0, 0.1) is 11.7 Å². The molecule has 2 fully saturated rings. The van der Waals surface area contributed by atoms with Crippen LogP contribution in [0.5, 0.6) is 0 Å². The number of anilines is 2. The van der Waals surface area contributed by atoms with E-state index in [1.165, 1.54) is 18.5 Å². The maximum absolute atomic E-state index is 15.4. The van der Waals surface area contributed by atoms with Crippen molar-refractivity contribution in [1.29, 1.82) is 0 Å². The molecule has 2 aromatic rings. The van der Waals surface area contributed by atoms with Gasteiger partial charge in [-0.3, -0.25) is 9.69 Å². The molecule has 1 saturated carbocycles.